The van der Waals surface area contributed by atoms with E-state index in [9.17, 15) is 9.59 Å². The van der Waals surface area contributed by atoms with Gasteiger partial charge in [-0.2, -0.15) is 5.10 Å². The maximum absolute atomic E-state index is 11.9. The van der Waals surface area contributed by atoms with Crippen LogP contribution in [0.15, 0.2) is 60.9 Å². The highest BCUT2D eigenvalue weighted by Crippen LogP contribution is 2.26. The average Bonchev–Trinajstić information content (AvgIpc) is 3.54. The number of hydrogen-bond donors (Lipinski definition) is 4. The quantitative estimate of drug-likeness (QED) is 0.179. The second kappa shape index (κ2) is 15.2. The molecule has 0 spiro atoms. The number of carbonyl (C=O) groups is 2. The van der Waals surface area contributed by atoms with E-state index in [0.29, 0.717) is 11.6 Å². The Morgan fingerprint density at radius 1 is 1.07 bits per heavy atom. The summed E-state index contributed by atoms with van der Waals surface area (Å²) < 4.78 is 7.20. The minimum absolute atomic E-state index is 0.149. The van der Waals surface area contributed by atoms with E-state index in [2.05, 4.69) is 54.3 Å². The summed E-state index contributed by atoms with van der Waals surface area (Å²) in [5.41, 5.74) is 5.96. The number of nitrogens with zero attached hydrogens (tertiary/aromatic N) is 3. The normalized spacial score (nSPS) is 12.0. The molecular formula is C32H43N5O5. The summed E-state index contributed by atoms with van der Waals surface area (Å²) in [5, 5.41) is 25.8. The first-order valence-electron chi connectivity index (χ1n) is 14.2. The molecule has 4 N–H and O–H groups in total. The number of amides is 1. The lowest BCUT2D eigenvalue weighted by atomic mass is 10.1. The van der Waals surface area contributed by atoms with Crippen LogP contribution in [0.4, 0.5) is 10.5 Å². The van der Waals surface area contributed by atoms with Gasteiger partial charge in [-0.05, 0) is 89.4 Å². The van der Waals surface area contributed by atoms with Crippen LogP contribution in [0.2, 0.25) is 0 Å². The first kappa shape index (κ1) is 32.4. The largest absolute Gasteiger partial charge is 0.479 e. The molecule has 2 aromatic heterocycles. The van der Waals surface area contributed by atoms with Crippen molar-refractivity contribution in [1.29, 1.82) is 0 Å². The first-order chi connectivity index (χ1) is 19.9. The number of rotatable bonds is 11. The molecule has 0 radical (unpaired) electrons. The van der Waals surface area contributed by atoms with Crippen molar-refractivity contribution >= 4 is 28.7 Å². The summed E-state index contributed by atoms with van der Waals surface area (Å²) >= 11 is 0. The van der Waals surface area contributed by atoms with Crippen LogP contribution in [-0.2, 0) is 22.4 Å². The third-order valence-electron chi connectivity index (χ3n) is 6.77. The molecule has 0 aliphatic carbocycles. The lowest BCUT2D eigenvalue weighted by Gasteiger charge is -2.16. The molecule has 1 unspecified atom stereocenters. The highest BCUT2D eigenvalue weighted by molar-refractivity contribution is 5.92. The van der Waals surface area contributed by atoms with Gasteiger partial charge in [-0.1, -0.05) is 30.3 Å². The van der Waals surface area contributed by atoms with E-state index in [1.807, 2.05) is 42.9 Å². The van der Waals surface area contributed by atoms with Crippen LogP contribution in [0.25, 0.3) is 10.9 Å². The lowest BCUT2D eigenvalue weighted by Crippen LogP contribution is -2.23. The zero-order valence-corrected chi connectivity index (χ0v) is 25.3. The Morgan fingerprint density at radius 3 is 2.38 bits per heavy atom. The molecular weight excluding hydrogens is 534 g/mol. The maximum Gasteiger partial charge on any atom is 0.411 e. The van der Waals surface area contributed by atoms with Gasteiger partial charge in [0.15, 0.2) is 6.10 Å². The summed E-state index contributed by atoms with van der Waals surface area (Å²) in [7, 11) is 2.16. The van der Waals surface area contributed by atoms with Gasteiger partial charge >= 0.3 is 12.1 Å². The van der Waals surface area contributed by atoms with Crippen LogP contribution < -0.4 is 5.32 Å². The van der Waals surface area contributed by atoms with Crippen LogP contribution in [-0.4, -0.2) is 68.2 Å². The van der Waals surface area contributed by atoms with Gasteiger partial charge in [0.1, 0.15) is 0 Å². The van der Waals surface area contributed by atoms with E-state index in [1.54, 1.807) is 30.3 Å². The SMILES string of the molecule is Cc1[nH]c2ccc(NC(=O)OC(C)C)cc2c1CCN(C)CCc1cnn(C(C)C)c1.O=C(O)C(O)c1ccccc1. The molecule has 0 bridgehead atoms. The third kappa shape index (κ3) is 9.46. The summed E-state index contributed by atoms with van der Waals surface area (Å²) in [6, 6.07) is 14.6. The standard InChI is InChI=1S/C24H35N5O2.C8H8O3/c1-16(2)29-15-19(14-25-29)9-11-28(6)12-10-21-18(5)26-23-8-7-20(13-22(21)23)27-24(30)31-17(3)4;9-7(8(10)11)6-4-2-1-3-5-6/h7-8,13-17,26H,9-12H2,1-6H3,(H,27,30);1-5,7,9H,(H,10,11). The molecule has 0 saturated heterocycles. The molecule has 1 atom stereocenters. The number of anilines is 1. The Balaban J connectivity index is 0.000000369. The highest BCUT2D eigenvalue weighted by atomic mass is 16.6. The zero-order valence-electron chi connectivity index (χ0n) is 25.3. The topological polar surface area (TPSA) is 133 Å². The fraction of sp³-hybridized carbons (Fsp3) is 0.406. The number of aromatic amines is 1. The monoisotopic (exact) mass is 577 g/mol. The molecule has 0 aliphatic rings. The first-order valence-corrected chi connectivity index (χ1v) is 14.2. The predicted molar refractivity (Wildman–Crippen MR) is 165 cm³/mol. The fourth-order valence-electron chi connectivity index (χ4n) is 4.44. The molecule has 4 rings (SSSR count). The molecule has 10 nitrogen and oxygen atoms in total. The predicted octanol–water partition coefficient (Wildman–Crippen LogP) is 5.73. The smallest absolute Gasteiger partial charge is 0.411 e. The van der Waals surface area contributed by atoms with E-state index in [4.69, 9.17) is 14.9 Å². The van der Waals surface area contributed by atoms with Crippen molar-refractivity contribution in [2.45, 2.75) is 65.7 Å². The van der Waals surface area contributed by atoms with Gasteiger partial charge in [0.2, 0.25) is 0 Å². The number of hydrogen-bond acceptors (Lipinski definition) is 6. The van der Waals surface area contributed by atoms with Crippen LogP contribution in [0.3, 0.4) is 0 Å². The number of aryl methyl sites for hydroxylation is 1. The van der Waals surface area contributed by atoms with Crippen molar-refractivity contribution in [3.63, 3.8) is 0 Å². The second-order valence-corrected chi connectivity index (χ2v) is 10.9. The number of nitrogens with one attached hydrogen (secondary N) is 2. The number of likely N-dealkylation sites (N-methyl/N-ethyl adjacent to an activating group) is 1. The van der Waals surface area contributed by atoms with Crippen LogP contribution in [0.1, 0.15) is 62.2 Å². The molecule has 10 heteroatoms. The maximum atomic E-state index is 11.9. The Labute approximate surface area is 247 Å². The van der Waals surface area contributed by atoms with Gasteiger partial charge in [0.05, 0.1) is 12.3 Å². The van der Waals surface area contributed by atoms with E-state index in [-0.39, 0.29) is 6.10 Å². The second-order valence-electron chi connectivity index (χ2n) is 10.9. The average molecular weight is 578 g/mol. The molecule has 0 aliphatic heterocycles. The molecule has 2 aromatic carbocycles. The number of carboxylic acid groups (broad SMARTS) is 1. The number of carbonyl (C=O) groups excluding carboxylic acids is 1. The van der Waals surface area contributed by atoms with Gasteiger partial charge in [-0.25, -0.2) is 9.59 Å². The number of aliphatic carboxylic acids is 1. The molecule has 0 fully saturated rings. The zero-order chi connectivity index (χ0) is 30.8. The van der Waals surface area contributed by atoms with Crippen molar-refractivity contribution in [3.8, 4) is 0 Å². The van der Waals surface area contributed by atoms with Crippen LogP contribution >= 0.6 is 0 Å². The number of H-pyrrole nitrogens is 1. The Hall–Kier alpha value is -4.15. The number of aliphatic hydroxyl groups is 1. The van der Waals surface area contributed by atoms with Gasteiger partial charge < -0.3 is 24.8 Å². The number of ether oxygens (including phenoxy) is 1. The fourth-order valence-corrected chi connectivity index (χ4v) is 4.44. The number of benzene rings is 2. The number of aliphatic hydroxyl groups excluding tert-OH is 1. The van der Waals surface area contributed by atoms with Gasteiger partial charge in [-0.15, -0.1) is 0 Å². The lowest BCUT2D eigenvalue weighted by molar-refractivity contribution is -0.146. The summed E-state index contributed by atoms with van der Waals surface area (Å²) in [6.07, 6.45) is 4.05. The summed E-state index contributed by atoms with van der Waals surface area (Å²) in [6.45, 7) is 12.0. The Bertz CT molecular complexity index is 1440. The van der Waals surface area contributed by atoms with Crippen molar-refractivity contribution in [2.24, 2.45) is 0 Å². The summed E-state index contributed by atoms with van der Waals surface area (Å²) in [5.74, 6) is -1.23. The van der Waals surface area contributed by atoms with E-state index < -0.39 is 18.2 Å². The molecule has 0 saturated carbocycles. The van der Waals surface area contributed by atoms with Gasteiger partial charge in [0, 0.05) is 47.6 Å². The number of carboxylic acids is 1. The number of aromatic nitrogens is 3. The Morgan fingerprint density at radius 2 is 1.76 bits per heavy atom. The van der Waals surface area contributed by atoms with Crippen molar-refractivity contribution < 1.29 is 24.5 Å². The summed E-state index contributed by atoms with van der Waals surface area (Å²) in [4.78, 5) is 28.0. The Kier molecular flexibility index (Phi) is 11.7. The molecule has 42 heavy (non-hydrogen) atoms. The van der Waals surface area contributed by atoms with Crippen LogP contribution in [0, 0.1) is 6.92 Å². The van der Waals surface area contributed by atoms with Crippen molar-refractivity contribution in [3.05, 3.63) is 83.3 Å². The molecule has 1 amide bonds. The molecule has 2 heterocycles. The van der Waals surface area contributed by atoms with Crippen molar-refractivity contribution in [1.82, 2.24) is 19.7 Å². The number of fused-ring (bicyclic) bond motifs is 1. The third-order valence-corrected chi connectivity index (χ3v) is 6.77. The van der Waals surface area contributed by atoms with Crippen LogP contribution in [0.5, 0.6) is 0 Å². The van der Waals surface area contributed by atoms with Gasteiger partial charge in [0.25, 0.3) is 0 Å². The van der Waals surface area contributed by atoms with Crippen molar-refractivity contribution in [2.75, 3.05) is 25.5 Å². The molecule has 4 aromatic rings. The highest BCUT2D eigenvalue weighted by Gasteiger charge is 2.14. The minimum atomic E-state index is -1.41. The van der Waals surface area contributed by atoms with E-state index >= 15 is 0 Å². The minimum Gasteiger partial charge on any atom is -0.479 e. The van der Waals surface area contributed by atoms with E-state index in [1.165, 1.54) is 16.8 Å². The molecule has 226 valence electrons. The van der Waals surface area contributed by atoms with E-state index in [0.717, 1.165) is 42.5 Å². The van der Waals surface area contributed by atoms with Gasteiger partial charge in [-0.3, -0.25) is 10.00 Å².